The fourth-order valence-corrected chi connectivity index (χ4v) is 0.990. The van der Waals surface area contributed by atoms with Crippen LogP contribution in [-0.2, 0) is 4.74 Å². The lowest BCUT2D eigenvalue weighted by atomic mass is 10.2. The highest BCUT2D eigenvalue weighted by Gasteiger charge is 1.84. The van der Waals surface area contributed by atoms with Gasteiger partial charge in [0.1, 0.15) is 0 Å². The van der Waals surface area contributed by atoms with Crippen LogP contribution >= 0.6 is 0 Å². The summed E-state index contributed by atoms with van der Waals surface area (Å²) >= 11 is 0. The summed E-state index contributed by atoms with van der Waals surface area (Å²) in [6.07, 6.45) is 6.08. The van der Waals surface area contributed by atoms with Crippen LogP contribution in [0.15, 0.2) is 0 Å². The first-order chi connectivity index (χ1) is 7.83. The van der Waals surface area contributed by atoms with Crippen molar-refractivity contribution in [3.63, 3.8) is 0 Å². The molecule has 0 aliphatic rings. The Bertz CT molecular complexity index is 75.0. The second-order valence-electron chi connectivity index (χ2n) is 3.55. The Balaban J connectivity index is 0. The van der Waals surface area contributed by atoms with Crippen LogP contribution in [-0.4, -0.2) is 48.4 Å². The van der Waals surface area contributed by atoms with E-state index in [-0.39, 0.29) is 19.8 Å². The number of aliphatic hydroxyl groups excluding tert-OH is 3. The number of hydrogen-bond acceptors (Lipinski definition) is 4. The SMILES string of the molecule is CCCCOCCO.OCCCCCCO. The third-order valence-electron chi connectivity index (χ3n) is 1.94. The maximum Gasteiger partial charge on any atom is 0.0697 e. The Hall–Kier alpha value is -0.160. The summed E-state index contributed by atoms with van der Waals surface area (Å²) in [6.45, 7) is 4.10. The minimum Gasteiger partial charge on any atom is -0.396 e. The van der Waals surface area contributed by atoms with Crippen LogP contribution in [0.2, 0.25) is 0 Å². The van der Waals surface area contributed by atoms with E-state index in [0.29, 0.717) is 6.61 Å². The van der Waals surface area contributed by atoms with Gasteiger partial charge in [0, 0.05) is 19.8 Å². The molecule has 0 aliphatic carbocycles. The molecular weight excluding hydrogens is 208 g/mol. The molecule has 0 spiro atoms. The van der Waals surface area contributed by atoms with Gasteiger partial charge in [-0.1, -0.05) is 26.2 Å². The van der Waals surface area contributed by atoms with Gasteiger partial charge in [-0.3, -0.25) is 0 Å². The number of unbranched alkanes of at least 4 members (excludes halogenated alkanes) is 4. The van der Waals surface area contributed by atoms with Crippen molar-refractivity contribution < 1.29 is 20.1 Å². The summed E-state index contributed by atoms with van der Waals surface area (Å²) < 4.78 is 4.97. The summed E-state index contributed by atoms with van der Waals surface area (Å²) in [5.41, 5.74) is 0. The van der Waals surface area contributed by atoms with Crippen LogP contribution in [0, 0.1) is 0 Å². The molecule has 0 atom stereocenters. The van der Waals surface area contributed by atoms with E-state index in [9.17, 15) is 0 Å². The zero-order valence-electron chi connectivity index (χ0n) is 10.5. The van der Waals surface area contributed by atoms with E-state index < -0.39 is 0 Å². The Morgan fingerprint density at radius 3 is 1.62 bits per heavy atom. The summed E-state index contributed by atoms with van der Waals surface area (Å²) in [6, 6.07) is 0. The lowest BCUT2D eigenvalue weighted by Gasteiger charge is -1.97. The van der Waals surface area contributed by atoms with Crippen molar-refractivity contribution in [2.75, 3.05) is 33.0 Å². The number of rotatable bonds is 10. The molecule has 0 amide bonds. The van der Waals surface area contributed by atoms with Crippen molar-refractivity contribution in [1.29, 1.82) is 0 Å². The Morgan fingerprint density at radius 2 is 1.25 bits per heavy atom. The van der Waals surface area contributed by atoms with Crippen molar-refractivity contribution in [2.45, 2.75) is 45.4 Å². The predicted molar refractivity (Wildman–Crippen MR) is 65.5 cm³/mol. The van der Waals surface area contributed by atoms with E-state index in [1.165, 1.54) is 0 Å². The molecule has 16 heavy (non-hydrogen) atoms. The van der Waals surface area contributed by atoms with Gasteiger partial charge < -0.3 is 20.1 Å². The highest BCUT2D eigenvalue weighted by atomic mass is 16.5. The van der Waals surface area contributed by atoms with Gasteiger partial charge in [-0.05, 0) is 19.3 Å². The molecule has 100 valence electrons. The minimum atomic E-state index is 0.143. The molecule has 3 N–H and O–H groups in total. The molecule has 0 aliphatic heterocycles. The summed E-state index contributed by atoms with van der Waals surface area (Å²) in [7, 11) is 0. The third-order valence-corrected chi connectivity index (χ3v) is 1.94. The topological polar surface area (TPSA) is 69.9 Å². The largest absolute Gasteiger partial charge is 0.396 e. The summed E-state index contributed by atoms with van der Waals surface area (Å²) in [5, 5.41) is 24.8. The van der Waals surface area contributed by atoms with E-state index in [1.54, 1.807) is 0 Å². The van der Waals surface area contributed by atoms with Gasteiger partial charge in [0.2, 0.25) is 0 Å². The molecule has 0 aromatic rings. The molecule has 4 nitrogen and oxygen atoms in total. The van der Waals surface area contributed by atoms with Crippen LogP contribution in [0.4, 0.5) is 0 Å². The minimum absolute atomic E-state index is 0.143. The van der Waals surface area contributed by atoms with Gasteiger partial charge in [0.25, 0.3) is 0 Å². The van der Waals surface area contributed by atoms with Gasteiger partial charge in [-0.2, -0.15) is 0 Å². The van der Waals surface area contributed by atoms with Crippen molar-refractivity contribution in [3.8, 4) is 0 Å². The first kappa shape index (κ1) is 18.2. The molecule has 0 saturated heterocycles. The number of aliphatic hydroxyl groups is 3. The highest BCUT2D eigenvalue weighted by molar-refractivity contribution is 4.39. The average Bonchev–Trinajstić information content (AvgIpc) is 2.31. The summed E-state index contributed by atoms with van der Waals surface area (Å²) in [5.74, 6) is 0. The maximum atomic E-state index is 8.30. The van der Waals surface area contributed by atoms with Gasteiger partial charge in [0.05, 0.1) is 13.2 Å². The molecule has 0 heterocycles. The first-order valence-electron chi connectivity index (χ1n) is 6.23. The zero-order valence-corrected chi connectivity index (χ0v) is 10.5. The van der Waals surface area contributed by atoms with Crippen molar-refractivity contribution >= 4 is 0 Å². The normalized spacial score (nSPS) is 9.75. The smallest absolute Gasteiger partial charge is 0.0697 e. The van der Waals surface area contributed by atoms with Crippen molar-refractivity contribution in [2.24, 2.45) is 0 Å². The van der Waals surface area contributed by atoms with Gasteiger partial charge >= 0.3 is 0 Å². The van der Waals surface area contributed by atoms with Gasteiger partial charge in [-0.15, -0.1) is 0 Å². The van der Waals surface area contributed by atoms with Crippen LogP contribution in [0.3, 0.4) is 0 Å². The molecular formula is C12H28O4. The maximum absolute atomic E-state index is 8.30. The molecule has 4 heteroatoms. The second kappa shape index (κ2) is 20.3. The predicted octanol–water partition coefficient (Wildman–Crippen LogP) is 1.33. The fourth-order valence-electron chi connectivity index (χ4n) is 0.990. The van der Waals surface area contributed by atoms with Crippen LogP contribution < -0.4 is 0 Å². The lowest BCUT2D eigenvalue weighted by molar-refractivity contribution is 0.0904. The van der Waals surface area contributed by atoms with Crippen LogP contribution in [0.5, 0.6) is 0 Å². The molecule has 0 radical (unpaired) electrons. The number of hydrogen-bond donors (Lipinski definition) is 3. The van der Waals surface area contributed by atoms with Crippen molar-refractivity contribution in [1.82, 2.24) is 0 Å². The van der Waals surface area contributed by atoms with E-state index in [1.807, 2.05) is 0 Å². The Morgan fingerprint density at radius 1 is 0.688 bits per heavy atom. The third kappa shape index (κ3) is 23.6. The summed E-state index contributed by atoms with van der Waals surface area (Å²) in [4.78, 5) is 0. The van der Waals surface area contributed by atoms with Crippen LogP contribution in [0.1, 0.15) is 45.4 Å². The van der Waals surface area contributed by atoms with Gasteiger partial charge in [0.15, 0.2) is 0 Å². The molecule has 0 bridgehead atoms. The molecule has 0 aromatic carbocycles. The monoisotopic (exact) mass is 236 g/mol. The lowest BCUT2D eigenvalue weighted by Crippen LogP contribution is -1.99. The van der Waals surface area contributed by atoms with Crippen molar-refractivity contribution in [3.05, 3.63) is 0 Å². The van der Waals surface area contributed by atoms with E-state index in [2.05, 4.69) is 6.92 Å². The van der Waals surface area contributed by atoms with Crippen LogP contribution in [0.25, 0.3) is 0 Å². The highest BCUT2D eigenvalue weighted by Crippen LogP contribution is 1.96. The second-order valence-corrected chi connectivity index (χ2v) is 3.55. The van der Waals surface area contributed by atoms with E-state index >= 15 is 0 Å². The Kier molecular flexibility index (Phi) is 23.1. The van der Waals surface area contributed by atoms with E-state index in [0.717, 1.165) is 45.1 Å². The molecule has 0 aromatic heterocycles. The molecule has 0 rings (SSSR count). The standard InChI is InChI=1S/2C6H14O2/c1-2-3-5-8-6-4-7;7-5-3-1-2-4-6-8/h7H,2-6H2,1H3;7-8H,1-6H2. The molecule has 0 saturated carbocycles. The number of ether oxygens (including phenoxy) is 1. The molecule has 0 fully saturated rings. The van der Waals surface area contributed by atoms with Gasteiger partial charge in [-0.25, -0.2) is 0 Å². The average molecular weight is 236 g/mol. The van der Waals surface area contributed by atoms with E-state index in [4.69, 9.17) is 20.1 Å². The Labute approximate surface area is 99.3 Å². The first-order valence-corrected chi connectivity index (χ1v) is 6.23. The zero-order chi connectivity index (χ0) is 12.5. The quantitative estimate of drug-likeness (QED) is 0.500. The molecule has 0 unspecified atom stereocenters. The fraction of sp³-hybridized carbons (Fsp3) is 1.00.